The first-order valence-electron chi connectivity index (χ1n) is 4.55. The van der Waals surface area contributed by atoms with Crippen LogP contribution in [-0.4, -0.2) is 12.4 Å². The third kappa shape index (κ3) is 1.73. The summed E-state index contributed by atoms with van der Waals surface area (Å²) in [6, 6.07) is 8.32. The molecule has 1 saturated carbocycles. The van der Waals surface area contributed by atoms with Gasteiger partial charge in [0.1, 0.15) is 5.75 Å². The van der Waals surface area contributed by atoms with Crippen LogP contribution in [0.5, 0.6) is 5.75 Å². The summed E-state index contributed by atoms with van der Waals surface area (Å²) in [5.74, 6) is 2.57. The zero-order valence-electron chi connectivity index (χ0n) is 7.66. The van der Waals surface area contributed by atoms with E-state index in [4.69, 9.17) is 4.74 Å². The SMILES string of the molecule is COc1ccccc1C1CC1CBr. The fourth-order valence-corrected chi connectivity index (χ4v) is 2.49. The molecule has 70 valence electrons. The first kappa shape index (κ1) is 9.07. The van der Waals surface area contributed by atoms with Crippen LogP contribution in [0, 0.1) is 5.92 Å². The van der Waals surface area contributed by atoms with E-state index in [0.29, 0.717) is 0 Å². The number of ether oxygens (including phenoxy) is 1. The first-order chi connectivity index (χ1) is 6.36. The molecular formula is C11H13BrO. The van der Waals surface area contributed by atoms with Crippen molar-refractivity contribution < 1.29 is 4.74 Å². The second kappa shape index (κ2) is 3.70. The maximum atomic E-state index is 5.32. The Kier molecular flexibility index (Phi) is 2.58. The van der Waals surface area contributed by atoms with Crippen LogP contribution in [0.15, 0.2) is 24.3 Å². The number of alkyl halides is 1. The molecule has 1 aromatic carbocycles. The van der Waals surface area contributed by atoms with Gasteiger partial charge in [-0.3, -0.25) is 0 Å². The topological polar surface area (TPSA) is 9.23 Å². The Morgan fingerprint density at radius 1 is 1.46 bits per heavy atom. The molecule has 2 unspecified atom stereocenters. The predicted octanol–water partition coefficient (Wildman–Crippen LogP) is 3.19. The van der Waals surface area contributed by atoms with Crippen LogP contribution >= 0.6 is 15.9 Å². The number of hydrogen-bond donors (Lipinski definition) is 0. The molecule has 1 aliphatic rings. The van der Waals surface area contributed by atoms with E-state index in [-0.39, 0.29) is 0 Å². The molecule has 0 spiro atoms. The van der Waals surface area contributed by atoms with Crippen LogP contribution in [0.3, 0.4) is 0 Å². The van der Waals surface area contributed by atoms with Crippen molar-refractivity contribution in [3.63, 3.8) is 0 Å². The third-order valence-electron chi connectivity index (χ3n) is 2.66. The minimum Gasteiger partial charge on any atom is -0.496 e. The predicted molar refractivity (Wildman–Crippen MR) is 57.6 cm³/mol. The van der Waals surface area contributed by atoms with Crippen molar-refractivity contribution >= 4 is 15.9 Å². The lowest BCUT2D eigenvalue weighted by Crippen LogP contribution is -1.91. The second-order valence-corrected chi connectivity index (χ2v) is 4.15. The Labute approximate surface area is 87.2 Å². The van der Waals surface area contributed by atoms with Crippen molar-refractivity contribution in [2.75, 3.05) is 12.4 Å². The molecule has 1 nitrogen and oxygen atoms in total. The number of methoxy groups -OCH3 is 1. The minimum atomic E-state index is 0.718. The average Bonchev–Trinajstić information content (AvgIpc) is 2.96. The number of halogens is 1. The van der Waals surface area contributed by atoms with Gasteiger partial charge < -0.3 is 4.74 Å². The molecule has 0 bridgehead atoms. The van der Waals surface area contributed by atoms with Gasteiger partial charge in [-0.05, 0) is 29.9 Å². The van der Waals surface area contributed by atoms with Crippen molar-refractivity contribution in [3.8, 4) is 5.75 Å². The highest BCUT2D eigenvalue weighted by molar-refractivity contribution is 9.09. The summed E-state index contributed by atoms with van der Waals surface area (Å²) >= 11 is 3.52. The molecule has 1 aliphatic carbocycles. The Bertz CT molecular complexity index is 298. The number of para-hydroxylation sites is 1. The van der Waals surface area contributed by atoms with E-state index in [9.17, 15) is 0 Å². The van der Waals surface area contributed by atoms with Gasteiger partial charge in [-0.15, -0.1) is 0 Å². The van der Waals surface area contributed by atoms with Gasteiger partial charge in [0.2, 0.25) is 0 Å². The van der Waals surface area contributed by atoms with E-state index in [1.807, 2.05) is 12.1 Å². The molecule has 0 heterocycles. The summed E-state index contributed by atoms with van der Waals surface area (Å²) < 4.78 is 5.32. The molecule has 0 amide bonds. The van der Waals surface area contributed by atoms with Gasteiger partial charge in [0, 0.05) is 5.33 Å². The van der Waals surface area contributed by atoms with E-state index in [2.05, 4.69) is 28.1 Å². The van der Waals surface area contributed by atoms with E-state index in [0.717, 1.165) is 22.9 Å². The smallest absolute Gasteiger partial charge is 0.122 e. The van der Waals surface area contributed by atoms with Gasteiger partial charge in [-0.1, -0.05) is 34.1 Å². The largest absolute Gasteiger partial charge is 0.496 e. The van der Waals surface area contributed by atoms with Crippen molar-refractivity contribution in [2.45, 2.75) is 12.3 Å². The van der Waals surface area contributed by atoms with Crippen LogP contribution in [0.2, 0.25) is 0 Å². The van der Waals surface area contributed by atoms with Crippen LogP contribution in [0.25, 0.3) is 0 Å². The van der Waals surface area contributed by atoms with Crippen molar-refractivity contribution in [1.29, 1.82) is 0 Å². The van der Waals surface area contributed by atoms with Crippen molar-refractivity contribution in [3.05, 3.63) is 29.8 Å². The van der Waals surface area contributed by atoms with Crippen LogP contribution in [0.1, 0.15) is 17.9 Å². The fraction of sp³-hybridized carbons (Fsp3) is 0.455. The van der Waals surface area contributed by atoms with E-state index < -0.39 is 0 Å². The molecule has 13 heavy (non-hydrogen) atoms. The maximum absolute atomic E-state index is 5.32. The lowest BCUT2D eigenvalue weighted by Gasteiger charge is -2.06. The zero-order chi connectivity index (χ0) is 9.26. The van der Waals surface area contributed by atoms with Gasteiger partial charge in [-0.25, -0.2) is 0 Å². The Hall–Kier alpha value is -0.500. The monoisotopic (exact) mass is 240 g/mol. The van der Waals surface area contributed by atoms with Crippen LogP contribution in [0.4, 0.5) is 0 Å². The van der Waals surface area contributed by atoms with Crippen molar-refractivity contribution in [1.82, 2.24) is 0 Å². The highest BCUT2D eigenvalue weighted by Crippen LogP contribution is 2.50. The zero-order valence-corrected chi connectivity index (χ0v) is 9.25. The molecular weight excluding hydrogens is 228 g/mol. The first-order valence-corrected chi connectivity index (χ1v) is 5.68. The molecule has 1 fully saturated rings. The third-order valence-corrected chi connectivity index (χ3v) is 3.49. The Morgan fingerprint density at radius 2 is 2.23 bits per heavy atom. The average molecular weight is 241 g/mol. The molecule has 0 aromatic heterocycles. The number of rotatable bonds is 3. The van der Waals surface area contributed by atoms with Gasteiger partial charge in [0.05, 0.1) is 7.11 Å². The summed E-state index contributed by atoms with van der Waals surface area (Å²) in [7, 11) is 1.74. The van der Waals surface area contributed by atoms with Gasteiger partial charge in [0.15, 0.2) is 0 Å². The van der Waals surface area contributed by atoms with E-state index in [1.54, 1.807) is 7.11 Å². The Morgan fingerprint density at radius 3 is 2.85 bits per heavy atom. The number of hydrogen-bond acceptors (Lipinski definition) is 1. The maximum Gasteiger partial charge on any atom is 0.122 e. The lowest BCUT2D eigenvalue weighted by molar-refractivity contribution is 0.409. The highest BCUT2D eigenvalue weighted by atomic mass is 79.9. The molecule has 2 rings (SSSR count). The molecule has 2 atom stereocenters. The fourth-order valence-electron chi connectivity index (χ4n) is 1.77. The summed E-state index contributed by atoms with van der Waals surface area (Å²) in [6.45, 7) is 0. The van der Waals surface area contributed by atoms with Gasteiger partial charge in [0.25, 0.3) is 0 Å². The molecule has 0 aliphatic heterocycles. The Balaban J connectivity index is 2.20. The quantitative estimate of drug-likeness (QED) is 0.738. The normalized spacial score (nSPS) is 25.7. The summed E-state index contributed by atoms with van der Waals surface area (Å²) in [4.78, 5) is 0. The second-order valence-electron chi connectivity index (χ2n) is 3.50. The molecule has 0 radical (unpaired) electrons. The van der Waals surface area contributed by atoms with Crippen molar-refractivity contribution in [2.24, 2.45) is 5.92 Å². The van der Waals surface area contributed by atoms with Gasteiger partial charge in [-0.2, -0.15) is 0 Å². The number of benzene rings is 1. The standard InChI is InChI=1S/C11H13BrO/c1-13-11-5-3-2-4-9(11)10-6-8(10)7-12/h2-5,8,10H,6-7H2,1H3. The van der Waals surface area contributed by atoms with Crippen LogP contribution < -0.4 is 4.74 Å². The van der Waals surface area contributed by atoms with E-state index in [1.165, 1.54) is 12.0 Å². The minimum absolute atomic E-state index is 0.718. The van der Waals surface area contributed by atoms with Crippen LogP contribution in [-0.2, 0) is 0 Å². The van der Waals surface area contributed by atoms with Gasteiger partial charge >= 0.3 is 0 Å². The summed E-state index contributed by atoms with van der Waals surface area (Å²) in [6.07, 6.45) is 1.30. The summed E-state index contributed by atoms with van der Waals surface area (Å²) in [5, 5.41) is 1.11. The lowest BCUT2D eigenvalue weighted by atomic mass is 10.1. The highest BCUT2D eigenvalue weighted by Gasteiger charge is 2.38. The molecule has 0 N–H and O–H groups in total. The van der Waals surface area contributed by atoms with E-state index >= 15 is 0 Å². The summed E-state index contributed by atoms with van der Waals surface area (Å²) in [5.41, 5.74) is 1.37. The molecule has 2 heteroatoms. The molecule has 0 saturated heterocycles. The molecule has 1 aromatic rings.